The molecule has 0 amide bonds. The molecule has 0 saturated carbocycles. The van der Waals surface area contributed by atoms with Gasteiger partial charge in [-0.3, -0.25) is 4.52 Å². The number of hydrogen-bond acceptors (Lipinski definition) is 5. The van der Waals surface area contributed by atoms with Gasteiger partial charge in [0.25, 0.3) is 0 Å². The Morgan fingerprint density at radius 3 is 1.89 bits per heavy atom. The fourth-order valence-electron chi connectivity index (χ4n) is 4.73. The van der Waals surface area contributed by atoms with Gasteiger partial charge in [-0.15, -0.1) is 0 Å². The van der Waals surface area contributed by atoms with E-state index >= 15 is 0 Å². The molecule has 7 heteroatoms. The molecule has 0 spiro atoms. The van der Waals surface area contributed by atoms with E-state index < -0.39 is 7.82 Å². The van der Waals surface area contributed by atoms with Crippen molar-refractivity contribution in [2.45, 2.75) is 117 Å². The lowest BCUT2D eigenvalue weighted by atomic mass is 10.00. The first-order valence-corrected chi connectivity index (χ1v) is 16.5. The van der Waals surface area contributed by atoms with Gasteiger partial charge in [-0.25, -0.2) is 4.57 Å². The van der Waals surface area contributed by atoms with Gasteiger partial charge in [-0.1, -0.05) is 138 Å². The molecule has 0 heterocycles. The van der Waals surface area contributed by atoms with Crippen LogP contribution in [0.3, 0.4) is 0 Å². The Bertz CT molecular complexity index is 918. The Labute approximate surface area is 231 Å². The van der Waals surface area contributed by atoms with Crippen molar-refractivity contribution in [2.24, 2.45) is 0 Å². The number of phosphoric ester groups is 1. The molecule has 2 aromatic rings. The summed E-state index contributed by atoms with van der Waals surface area (Å²) in [6.07, 6.45) is 20.7. The number of aryl methyl sites for hydroxylation is 1. The quantitative estimate of drug-likeness (QED) is 0.0607. The van der Waals surface area contributed by atoms with Crippen LogP contribution in [0.1, 0.15) is 116 Å². The maximum atomic E-state index is 12.2. The zero-order chi connectivity index (χ0) is 27.3. The summed E-state index contributed by atoms with van der Waals surface area (Å²) < 4.78 is 27.2. The van der Waals surface area contributed by atoms with E-state index in [4.69, 9.17) is 18.8 Å². The number of fused-ring (bicyclic) bond motifs is 1. The van der Waals surface area contributed by atoms with Gasteiger partial charge in [0.2, 0.25) is 0 Å². The van der Waals surface area contributed by atoms with Crippen LogP contribution in [0, 0.1) is 0 Å². The molecule has 38 heavy (non-hydrogen) atoms. The normalized spacial score (nSPS) is 13.1. The second kappa shape index (κ2) is 20.5. The van der Waals surface area contributed by atoms with E-state index in [0.29, 0.717) is 12.4 Å². The van der Waals surface area contributed by atoms with E-state index in [0.717, 1.165) is 35.6 Å². The second-order valence-electron chi connectivity index (χ2n) is 10.1. The van der Waals surface area contributed by atoms with E-state index in [1.165, 1.54) is 83.5 Å². The minimum absolute atomic E-state index is 0.0491. The molecule has 2 rings (SSSR count). The van der Waals surface area contributed by atoms with E-state index in [-0.39, 0.29) is 13.2 Å². The molecular weight excluding hydrogens is 499 g/mol. The number of hydrogen-bond donors (Lipinski definition) is 1. The van der Waals surface area contributed by atoms with Crippen molar-refractivity contribution in [1.82, 2.24) is 0 Å². The second-order valence-corrected chi connectivity index (χ2v) is 11.5. The highest BCUT2D eigenvalue weighted by molar-refractivity contribution is 7.47. The summed E-state index contributed by atoms with van der Waals surface area (Å²) in [4.78, 5) is 15.5. The Morgan fingerprint density at radius 2 is 1.29 bits per heavy atom. The lowest BCUT2D eigenvalue weighted by Crippen LogP contribution is -2.06. The van der Waals surface area contributed by atoms with Crippen molar-refractivity contribution in [3.05, 3.63) is 42.0 Å². The summed E-state index contributed by atoms with van der Waals surface area (Å²) in [7, 11) is -4.36. The molecule has 0 fully saturated rings. The van der Waals surface area contributed by atoms with Gasteiger partial charge in [0.05, 0.1) is 13.2 Å². The van der Waals surface area contributed by atoms with Crippen LogP contribution in [0.2, 0.25) is 0 Å². The molecule has 0 aliphatic rings. The maximum absolute atomic E-state index is 12.2. The first-order chi connectivity index (χ1) is 18.6. The van der Waals surface area contributed by atoms with Crippen molar-refractivity contribution >= 4 is 18.6 Å². The van der Waals surface area contributed by atoms with Crippen molar-refractivity contribution in [3.63, 3.8) is 0 Å². The molecule has 0 bridgehead atoms. The van der Waals surface area contributed by atoms with Gasteiger partial charge in [0.15, 0.2) is 5.75 Å². The molecule has 0 radical (unpaired) electrons. The molecule has 0 saturated heterocycles. The third kappa shape index (κ3) is 14.1. The fourth-order valence-corrected chi connectivity index (χ4v) is 5.25. The summed E-state index contributed by atoms with van der Waals surface area (Å²) in [5.74, 6) is 0.483. The molecule has 0 aromatic heterocycles. The minimum atomic E-state index is -4.36. The smallest absolute Gasteiger partial charge is 0.379 e. The van der Waals surface area contributed by atoms with Crippen LogP contribution in [0.25, 0.3) is 10.8 Å². The van der Waals surface area contributed by atoms with Crippen LogP contribution in [0.4, 0.5) is 0 Å². The summed E-state index contributed by atoms with van der Waals surface area (Å²) in [5.41, 5.74) is 0.965. The predicted octanol–water partition coefficient (Wildman–Crippen LogP) is 9.72. The average molecular weight is 551 g/mol. The summed E-state index contributed by atoms with van der Waals surface area (Å²) in [5, 5.41) is 1.83. The van der Waals surface area contributed by atoms with Crippen LogP contribution < -0.4 is 4.89 Å². The van der Waals surface area contributed by atoms with E-state index in [2.05, 4.69) is 13.0 Å². The van der Waals surface area contributed by atoms with Gasteiger partial charge in [0, 0.05) is 12.0 Å². The Hall–Kier alpha value is -1.43. The van der Waals surface area contributed by atoms with Gasteiger partial charge < -0.3 is 14.5 Å². The topological polar surface area (TPSA) is 74.2 Å². The highest BCUT2D eigenvalue weighted by Crippen LogP contribution is 2.44. The monoisotopic (exact) mass is 550 g/mol. The van der Waals surface area contributed by atoms with E-state index in [1.807, 2.05) is 37.3 Å². The largest absolute Gasteiger partial charge is 0.508 e. The van der Waals surface area contributed by atoms with Crippen molar-refractivity contribution in [1.29, 1.82) is 0 Å². The van der Waals surface area contributed by atoms with Crippen LogP contribution in [-0.2, 0) is 24.9 Å². The van der Waals surface area contributed by atoms with Gasteiger partial charge in [-0.2, -0.15) is 0 Å². The van der Waals surface area contributed by atoms with Crippen LogP contribution in [0.5, 0.6) is 5.75 Å². The van der Waals surface area contributed by atoms with Crippen LogP contribution in [-0.4, -0.2) is 24.7 Å². The minimum Gasteiger partial charge on any atom is -0.379 e. The molecule has 216 valence electrons. The lowest BCUT2D eigenvalue weighted by Gasteiger charge is -2.15. The molecule has 2 aromatic carbocycles. The molecule has 1 unspecified atom stereocenters. The summed E-state index contributed by atoms with van der Waals surface area (Å²) in [6.45, 7) is 4.79. The number of ether oxygens (including phenoxy) is 1. The molecule has 6 nitrogen and oxygen atoms in total. The SMILES string of the molecule is CCCCCCCCCCCCCCCCCc1ccc2ccccc2c1OOP(=O)(O)OCCOCC. The Morgan fingerprint density at radius 1 is 0.711 bits per heavy atom. The summed E-state index contributed by atoms with van der Waals surface area (Å²) in [6, 6.07) is 11.9. The Balaban J connectivity index is 1.68. The number of benzene rings is 2. The first-order valence-electron chi connectivity index (χ1n) is 15.0. The number of rotatable bonds is 24. The molecular formula is C31H51O6P. The zero-order valence-electron chi connectivity index (χ0n) is 23.8. The summed E-state index contributed by atoms with van der Waals surface area (Å²) >= 11 is 0. The van der Waals surface area contributed by atoms with Gasteiger partial charge in [0.1, 0.15) is 0 Å². The lowest BCUT2D eigenvalue weighted by molar-refractivity contribution is -0.128. The molecule has 1 N–H and O–H groups in total. The molecule has 0 aliphatic carbocycles. The fraction of sp³-hybridized carbons (Fsp3) is 0.677. The van der Waals surface area contributed by atoms with Crippen LogP contribution >= 0.6 is 7.82 Å². The van der Waals surface area contributed by atoms with Gasteiger partial charge in [-0.05, 0) is 30.7 Å². The van der Waals surface area contributed by atoms with E-state index in [9.17, 15) is 9.46 Å². The van der Waals surface area contributed by atoms with Crippen LogP contribution in [0.15, 0.2) is 36.4 Å². The highest BCUT2D eigenvalue weighted by Gasteiger charge is 2.25. The third-order valence-electron chi connectivity index (χ3n) is 6.91. The van der Waals surface area contributed by atoms with Crippen molar-refractivity contribution < 1.29 is 28.3 Å². The highest BCUT2D eigenvalue weighted by atomic mass is 31.2. The number of unbranched alkanes of at least 4 members (excludes halogenated alkanes) is 14. The zero-order valence-corrected chi connectivity index (χ0v) is 24.7. The standard InChI is InChI=1S/C31H51O6P/c1-3-5-6-7-8-9-10-11-12-13-14-15-16-17-18-22-29-25-24-28-21-19-20-23-30(28)31(29)36-37-38(32,33)35-27-26-34-4-2/h19-21,23-25H,3-18,22,26-27H2,1-2H3,(H,32,33). The molecule has 1 atom stereocenters. The third-order valence-corrected chi connectivity index (χ3v) is 7.68. The first kappa shape index (κ1) is 32.8. The van der Waals surface area contributed by atoms with E-state index in [1.54, 1.807) is 0 Å². The average Bonchev–Trinajstić information content (AvgIpc) is 2.92. The predicted molar refractivity (Wildman–Crippen MR) is 157 cm³/mol. The van der Waals surface area contributed by atoms with Crippen molar-refractivity contribution in [2.75, 3.05) is 19.8 Å². The maximum Gasteiger partial charge on any atom is 0.508 e. The number of phosphoric acid groups is 1. The molecule has 0 aliphatic heterocycles. The van der Waals surface area contributed by atoms with Crippen molar-refractivity contribution in [3.8, 4) is 5.75 Å². The Kier molecular flexibility index (Phi) is 17.7. The van der Waals surface area contributed by atoms with Gasteiger partial charge >= 0.3 is 7.82 Å².